The van der Waals surface area contributed by atoms with Crippen LogP contribution in [-0.2, 0) is 19.4 Å². The summed E-state index contributed by atoms with van der Waals surface area (Å²) in [6.45, 7) is 3.06. The van der Waals surface area contributed by atoms with Gasteiger partial charge in [0.05, 0.1) is 0 Å². The summed E-state index contributed by atoms with van der Waals surface area (Å²) >= 11 is 6.23. The Bertz CT molecular complexity index is 538. The summed E-state index contributed by atoms with van der Waals surface area (Å²) in [4.78, 5) is 4.37. The number of nitrogens with zero attached hydrogens (tertiary/aromatic N) is 3. The lowest BCUT2D eigenvalue weighted by atomic mass is 10.0. The van der Waals surface area contributed by atoms with Crippen molar-refractivity contribution >= 4 is 11.6 Å². The third-order valence-electron chi connectivity index (χ3n) is 3.39. The van der Waals surface area contributed by atoms with E-state index in [9.17, 15) is 0 Å². The molecule has 1 atom stereocenters. The van der Waals surface area contributed by atoms with E-state index in [0.717, 1.165) is 42.2 Å². The van der Waals surface area contributed by atoms with E-state index in [4.69, 9.17) is 11.6 Å². The molecule has 0 radical (unpaired) electrons. The van der Waals surface area contributed by atoms with Gasteiger partial charge in [-0.15, -0.1) is 0 Å². The Kier molecular flexibility index (Phi) is 5.56. The first-order valence-corrected chi connectivity index (χ1v) is 7.39. The standard InChI is InChI=1S/C15H21ClN4/c1-3-8-20-15(18-11-19-20)10-13(17-2)9-12-6-4-5-7-14(12)16/h4-7,11,13,17H,3,8-10H2,1-2H3. The summed E-state index contributed by atoms with van der Waals surface area (Å²) < 4.78 is 1.98. The third-order valence-corrected chi connectivity index (χ3v) is 3.76. The topological polar surface area (TPSA) is 42.7 Å². The van der Waals surface area contributed by atoms with Crippen LogP contribution in [-0.4, -0.2) is 27.9 Å². The van der Waals surface area contributed by atoms with Gasteiger partial charge in [0.25, 0.3) is 0 Å². The lowest BCUT2D eigenvalue weighted by Gasteiger charge is -2.17. The first-order valence-electron chi connectivity index (χ1n) is 7.02. The van der Waals surface area contributed by atoms with Crippen molar-refractivity contribution in [1.29, 1.82) is 0 Å². The molecular weight excluding hydrogens is 272 g/mol. The molecule has 1 N–H and O–H groups in total. The Balaban J connectivity index is 2.05. The number of rotatable bonds is 7. The fourth-order valence-corrected chi connectivity index (χ4v) is 2.48. The molecule has 1 aromatic carbocycles. The van der Waals surface area contributed by atoms with E-state index in [2.05, 4.69) is 28.4 Å². The number of halogens is 1. The van der Waals surface area contributed by atoms with Crippen molar-refractivity contribution in [2.24, 2.45) is 0 Å². The van der Waals surface area contributed by atoms with Crippen LogP contribution < -0.4 is 5.32 Å². The van der Waals surface area contributed by atoms with Crippen LogP contribution >= 0.6 is 11.6 Å². The van der Waals surface area contributed by atoms with Crippen LogP contribution in [0.1, 0.15) is 24.7 Å². The smallest absolute Gasteiger partial charge is 0.138 e. The maximum absolute atomic E-state index is 6.23. The molecule has 0 aliphatic heterocycles. The Morgan fingerprint density at radius 3 is 2.80 bits per heavy atom. The van der Waals surface area contributed by atoms with E-state index in [1.165, 1.54) is 0 Å². The molecule has 0 amide bonds. The average Bonchev–Trinajstić information content (AvgIpc) is 2.88. The lowest BCUT2D eigenvalue weighted by molar-refractivity contribution is 0.501. The van der Waals surface area contributed by atoms with Gasteiger partial charge in [-0.1, -0.05) is 36.7 Å². The fourth-order valence-electron chi connectivity index (χ4n) is 2.27. The van der Waals surface area contributed by atoms with E-state index in [-0.39, 0.29) is 0 Å². The van der Waals surface area contributed by atoms with Gasteiger partial charge in [0, 0.05) is 24.0 Å². The Hall–Kier alpha value is -1.39. The lowest BCUT2D eigenvalue weighted by Crippen LogP contribution is -2.31. The molecule has 0 aliphatic carbocycles. The van der Waals surface area contributed by atoms with Crippen molar-refractivity contribution in [3.05, 3.63) is 47.0 Å². The second-order valence-electron chi connectivity index (χ2n) is 4.88. The van der Waals surface area contributed by atoms with E-state index in [0.29, 0.717) is 6.04 Å². The summed E-state index contributed by atoms with van der Waals surface area (Å²) in [5.74, 6) is 1.03. The fraction of sp³-hybridized carbons (Fsp3) is 0.467. The summed E-state index contributed by atoms with van der Waals surface area (Å²) in [6.07, 6.45) is 4.43. The molecule has 108 valence electrons. The quantitative estimate of drug-likeness (QED) is 0.853. The zero-order chi connectivity index (χ0) is 14.4. The molecule has 0 saturated heterocycles. The molecule has 1 unspecified atom stereocenters. The number of benzene rings is 1. The van der Waals surface area contributed by atoms with Crippen LogP contribution in [0.25, 0.3) is 0 Å². The number of likely N-dealkylation sites (N-methyl/N-ethyl adjacent to an activating group) is 1. The van der Waals surface area contributed by atoms with Gasteiger partial charge in [0.1, 0.15) is 12.2 Å². The predicted molar refractivity (Wildman–Crippen MR) is 82.0 cm³/mol. The number of aromatic nitrogens is 3. The number of hydrogen-bond donors (Lipinski definition) is 1. The van der Waals surface area contributed by atoms with Crippen LogP contribution in [0.5, 0.6) is 0 Å². The highest BCUT2D eigenvalue weighted by molar-refractivity contribution is 6.31. The molecule has 2 rings (SSSR count). The Morgan fingerprint density at radius 1 is 1.30 bits per heavy atom. The van der Waals surface area contributed by atoms with Crippen LogP contribution in [0.15, 0.2) is 30.6 Å². The van der Waals surface area contributed by atoms with Crippen LogP contribution in [0, 0.1) is 0 Å². The molecule has 4 nitrogen and oxygen atoms in total. The van der Waals surface area contributed by atoms with E-state index in [1.54, 1.807) is 6.33 Å². The Morgan fingerprint density at radius 2 is 2.10 bits per heavy atom. The largest absolute Gasteiger partial charge is 0.316 e. The summed E-state index contributed by atoms with van der Waals surface area (Å²) in [6, 6.07) is 8.29. The van der Waals surface area contributed by atoms with Gasteiger partial charge in [0.2, 0.25) is 0 Å². The van der Waals surface area contributed by atoms with Crippen molar-refractivity contribution in [3.63, 3.8) is 0 Å². The van der Waals surface area contributed by atoms with Crippen molar-refractivity contribution in [2.75, 3.05) is 7.05 Å². The van der Waals surface area contributed by atoms with Crippen molar-refractivity contribution in [2.45, 2.75) is 38.8 Å². The summed E-state index contributed by atoms with van der Waals surface area (Å²) in [7, 11) is 1.97. The highest BCUT2D eigenvalue weighted by Gasteiger charge is 2.14. The number of aryl methyl sites for hydroxylation is 1. The summed E-state index contributed by atoms with van der Waals surface area (Å²) in [5.41, 5.74) is 1.16. The van der Waals surface area contributed by atoms with Crippen molar-refractivity contribution in [3.8, 4) is 0 Å². The van der Waals surface area contributed by atoms with Crippen molar-refractivity contribution in [1.82, 2.24) is 20.1 Å². The van der Waals surface area contributed by atoms with Gasteiger partial charge in [-0.05, 0) is 31.5 Å². The maximum Gasteiger partial charge on any atom is 0.138 e. The van der Waals surface area contributed by atoms with E-state index in [1.807, 2.05) is 29.9 Å². The minimum Gasteiger partial charge on any atom is -0.316 e. The zero-order valence-corrected chi connectivity index (χ0v) is 12.8. The second kappa shape index (κ2) is 7.41. The number of hydrogen-bond acceptors (Lipinski definition) is 3. The first kappa shape index (κ1) is 15.0. The normalized spacial score (nSPS) is 12.6. The maximum atomic E-state index is 6.23. The number of nitrogens with one attached hydrogen (secondary N) is 1. The van der Waals surface area contributed by atoms with Crippen molar-refractivity contribution < 1.29 is 0 Å². The highest BCUT2D eigenvalue weighted by Crippen LogP contribution is 2.17. The van der Waals surface area contributed by atoms with Crippen LogP contribution in [0.3, 0.4) is 0 Å². The molecule has 1 heterocycles. The average molecular weight is 293 g/mol. The van der Waals surface area contributed by atoms with Gasteiger partial charge in [0.15, 0.2) is 0 Å². The molecule has 0 bridgehead atoms. The molecule has 2 aromatic rings. The van der Waals surface area contributed by atoms with E-state index < -0.39 is 0 Å². The van der Waals surface area contributed by atoms with Gasteiger partial charge in [-0.25, -0.2) is 4.98 Å². The predicted octanol–water partition coefficient (Wildman–Crippen LogP) is 2.71. The molecular formula is C15H21ClN4. The van der Waals surface area contributed by atoms with Gasteiger partial charge in [-0.3, -0.25) is 4.68 Å². The molecule has 1 aromatic heterocycles. The summed E-state index contributed by atoms with van der Waals surface area (Å²) in [5, 5.41) is 8.44. The first-order chi connectivity index (χ1) is 9.74. The third kappa shape index (κ3) is 3.81. The second-order valence-corrected chi connectivity index (χ2v) is 5.29. The SMILES string of the molecule is CCCn1ncnc1CC(Cc1ccccc1Cl)NC. The molecule has 0 saturated carbocycles. The van der Waals surface area contributed by atoms with Crippen LogP contribution in [0.4, 0.5) is 0 Å². The molecule has 20 heavy (non-hydrogen) atoms. The van der Waals surface area contributed by atoms with Crippen LogP contribution in [0.2, 0.25) is 5.02 Å². The monoisotopic (exact) mass is 292 g/mol. The Labute approximate surface area is 125 Å². The minimum absolute atomic E-state index is 0.301. The molecule has 0 fully saturated rings. The van der Waals surface area contributed by atoms with Gasteiger partial charge in [-0.2, -0.15) is 5.10 Å². The molecule has 0 aliphatic rings. The molecule has 5 heteroatoms. The van der Waals surface area contributed by atoms with Gasteiger partial charge >= 0.3 is 0 Å². The molecule has 0 spiro atoms. The minimum atomic E-state index is 0.301. The highest BCUT2D eigenvalue weighted by atomic mass is 35.5. The van der Waals surface area contributed by atoms with Gasteiger partial charge < -0.3 is 5.32 Å². The van der Waals surface area contributed by atoms with E-state index >= 15 is 0 Å². The zero-order valence-electron chi connectivity index (χ0n) is 12.0.